The second-order valence-corrected chi connectivity index (χ2v) is 5.53. The van der Waals surface area contributed by atoms with Gasteiger partial charge in [-0.2, -0.15) is 5.10 Å². The Morgan fingerprint density at radius 2 is 1.92 bits per heavy atom. The van der Waals surface area contributed by atoms with Gasteiger partial charge in [-0.3, -0.25) is 0 Å². The minimum atomic E-state index is -0.0423. The van der Waals surface area contributed by atoms with Gasteiger partial charge in [-0.1, -0.05) is 12.1 Å². The first kappa shape index (κ1) is 20.4. The number of aryl methyl sites for hydroxylation is 1. The summed E-state index contributed by atoms with van der Waals surface area (Å²) in [4.78, 5) is 0. The number of benzene rings is 1. The van der Waals surface area contributed by atoms with Crippen LogP contribution in [0.3, 0.4) is 0 Å². The average molecular weight is 458 g/mol. The number of guanidine groups is 1. The lowest BCUT2D eigenvalue weighted by Gasteiger charge is -2.07. The Bertz CT molecular complexity index is 730. The Kier molecular flexibility index (Phi) is 7.62. The molecule has 0 bridgehead atoms. The van der Waals surface area contributed by atoms with Crippen LogP contribution in [0.5, 0.6) is 0 Å². The number of nitrogens with zero attached hydrogens (tertiary/aromatic N) is 4. The molecule has 4 N–H and O–H groups in total. The average Bonchev–Trinajstić information content (AvgIpc) is 2.85. The molecule has 0 fully saturated rings. The highest BCUT2D eigenvalue weighted by molar-refractivity contribution is 8.93. The summed E-state index contributed by atoms with van der Waals surface area (Å²) in [5, 5.41) is 7.41. The van der Waals surface area contributed by atoms with Crippen molar-refractivity contribution in [3.05, 3.63) is 41.9 Å². The van der Waals surface area contributed by atoms with E-state index in [1.165, 1.54) is 29.9 Å². The van der Waals surface area contributed by atoms with E-state index in [1.54, 1.807) is 6.21 Å². The maximum Gasteiger partial charge on any atom is 0.256 e. The Morgan fingerprint density at radius 1 is 1.21 bits per heavy atom. The Labute approximate surface area is 162 Å². The molecule has 130 valence electrons. The van der Waals surface area contributed by atoms with Crippen molar-refractivity contribution < 1.29 is 21.5 Å². The molecule has 3 rings (SSSR count). The van der Waals surface area contributed by atoms with Gasteiger partial charge in [0.05, 0.1) is 19.8 Å². The van der Waals surface area contributed by atoms with Crippen LogP contribution in [0.4, 0.5) is 0 Å². The van der Waals surface area contributed by atoms with Gasteiger partial charge in [0, 0.05) is 12.0 Å². The summed E-state index contributed by atoms with van der Waals surface area (Å²) < 4.78 is 4.66. The molecule has 24 heavy (non-hydrogen) atoms. The highest BCUT2D eigenvalue weighted by atomic mass is 79.9. The maximum atomic E-state index is 5.23. The van der Waals surface area contributed by atoms with Crippen LogP contribution < -0.4 is 33.0 Å². The first-order valence-corrected chi connectivity index (χ1v) is 7.45. The zero-order chi connectivity index (χ0) is 15.5. The van der Waals surface area contributed by atoms with Crippen LogP contribution >= 0.6 is 17.0 Å². The largest absolute Gasteiger partial charge is 1.00 e. The summed E-state index contributed by atoms with van der Waals surface area (Å²) in [6.07, 6.45) is 7.57. The summed E-state index contributed by atoms with van der Waals surface area (Å²) in [5.41, 5.74) is 13.9. The number of hydrogen-bond donors (Lipinski definition) is 2. The minimum absolute atomic E-state index is 0. The molecule has 1 aliphatic rings. The monoisotopic (exact) mass is 456 g/mol. The Morgan fingerprint density at radius 3 is 2.54 bits per heavy atom. The van der Waals surface area contributed by atoms with Gasteiger partial charge >= 0.3 is 0 Å². The van der Waals surface area contributed by atoms with Crippen LogP contribution in [-0.4, -0.2) is 16.7 Å². The number of rotatable bonds is 3. The summed E-state index contributed by atoms with van der Waals surface area (Å²) in [5.74, 6) is 1.36. The van der Waals surface area contributed by atoms with Crippen LogP contribution in [0.15, 0.2) is 40.7 Å². The van der Waals surface area contributed by atoms with Crippen LogP contribution in [0.25, 0.3) is 11.3 Å². The number of fused-ring (bicyclic) bond motifs is 1. The molecule has 0 spiro atoms. The second-order valence-electron chi connectivity index (χ2n) is 5.53. The van der Waals surface area contributed by atoms with Gasteiger partial charge in [0.1, 0.15) is 6.20 Å². The number of halogens is 2. The van der Waals surface area contributed by atoms with Gasteiger partial charge in [-0.25, -0.2) is 9.13 Å². The number of imidazole rings is 1. The third-order valence-corrected chi connectivity index (χ3v) is 3.99. The molecule has 0 saturated heterocycles. The lowest BCUT2D eigenvalue weighted by Crippen LogP contribution is -3.00. The van der Waals surface area contributed by atoms with Gasteiger partial charge in [0.2, 0.25) is 5.96 Å². The molecule has 0 atom stereocenters. The van der Waals surface area contributed by atoms with E-state index in [0.717, 1.165) is 18.5 Å². The standard InChI is InChI=1S/C16H21N6.2BrH/c1-21-14(11-22-9-3-2-4-15(21)22)13-7-5-12(6-8-13)10-19-20-16(17)18;;/h5-8,10-11H,2-4,9H2,1H3,(H4,17,18,20);2*1H/q+1;;/p-1/b19-10+;;. The van der Waals surface area contributed by atoms with E-state index >= 15 is 0 Å². The van der Waals surface area contributed by atoms with Crippen molar-refractivity contribution in [3.63, 3.8) is 0 Å². The Balaban J connectivity index is 0.00000144. The molecule has 6 nitrogen and oxygen atoms in total. The molecule has 1 aromatic heterocycles. The minimum Gasteiger partial charge on any atom is -1.00 e. The number of aromatic nitrogens is 2. The normalized spacial score (nSPS) is 12.9. The second kappa shape index (κ2) is 8.98. The van der Waals surface area contributed by atoms with Gasteiger partial charge < -0.3 is 28.4 Å². The third-order valence-electron chi connectivity index (χ3n) is 3.99. The molecule has 0 unspecified atom stereocenters. The molecule has 1 aromatic carbocycles. The van der Waals surface area contributed by atoms with Crippen molar-refractivity contribution in [2.45, 2.75) is 25.8 Å². The van der Waals surface area contributed by atoms with E-state index < -0.39 is 0 Å². The third kappa shape index (κ3) is 4.45. The lowest BCUT2D eigenvalue weighted by atomic mass is 10.1. The van der Waals surface area contributed by atoms with E-state index in [4.69, 9.17) is 11.5 Å². The zero-order valence-electron chi connectivity index (χ0n) is 13.5. The fourth-order valence-electron chi connectivity index (χ4n) is 2.88. The van der Waals surface area contributed by atoms with E-state index in [9.17, 15) is 0 Å². The predicted molar refractivity (Wildman–Crippen MR) is 97.7 cm³/mol. The summed E-state index contributed by atoms with van der Waals surface area (Å²) in [7, 11) is 2.14. The smallest absolute Gasteiger partial charge is 0.256 e. The highest BCUT2D eigenvalue weighted by Crippen LogP contribution is 2.21. The van der Waals surface area contributed by atoms with Gasteiger partial charge in [0.15, 0.2) is 5.69 Å². The van der Waals surface area contributed by atoms with E-state index in [1.807, 2.05) is 12.1 Å². The highest BCUT2D eigenvalue weighted by Gasteiger charge is 2.23. The molecule has 0 radical (unpaired) electrons. The SMILES string of the molecule is Br.Cn1c(-c2ccc(/C=N/N=C(N)N)cc2)c[n+]2c1CCCC2.[Br-]. The van der Waals surface area contributed by atoms with Crippen molar-refractivity contribution in [2.24, 2.45) is 28.7 Å². The quantitative estimate of drug-likeness (QED) is 0.254. The van der Waals surface area contributed by atoms with E-state index in [-0.39, 0.29) is 39.9 Å². The molecule has 1 aliphatic heterocycles. The predicted octanol–water partition coefficient (Wildman–Crippen LogP) is -1.49. The fraction of sp³-hybridized carbons (Fsp3) is 0.312. The van der Waals surface area contributed by atoms with Gasteiger partial charge in [0.25, 0.3) is 5.82 Å². The topological polar surface area (TPSA) is 85.6 Å². The number of hydrogen-bond acceptors (Lipinski definition) is 2. The van der Waals surface area contributed by atoms with Crippen LogP contribution in [-0.2, 0) is 20.0 Å². The maximum absolute atomic E-state index is 5.23. The Hall–Kier alpha value is -1.67. The molecule has 2 aromatic rings. The van der Waals surface area contributed by atoms with Crippen molar-refractivity contribution >= 4 is 29.2 Å². The summed E-state index contributed by atoms with van der Waals surface area (Å²) in [6, 6.07) is 8.21. The molecule has 8 heteroatoms. The molecule has 0 amide bonds. The molecule has 2 heterocycles. The first-order valence-electron chi connectivity index (χ1n) is 7.45. The van der Waals surface area contributed by atoms with Crippen molar-refractivity contribution in [1.82, 2.24) is 4.57 Å². The van der Waals surface area contributed by atoms with Crippen molar-refractivity contribution in [2.75, 3.05) is 0 Å². The lowest BCUT2D eigenvalue weighted by molar-refractivity contribution is -0.708. The van der Waals surface area contributed by atoms with Crippen LogP contribution in [0.1, 0.15) is 24.2 Å². The van der Waals surface area contributed by atoms with Gasteiger partial charge in [-0.05, 0) is 30.5 Å². The van der Waals surface area contributed by atoms with Crippen molar-refractivity contribution in [3.8, 4) is 11.3 Å². The molecular formula is C16H22Br2N6. The van der Waals surface area contributed by atoms with Gasteiger partial charge in [-0.15, -0.1) is 22.1 Å². The fourth-order valence-corrected chi connectivity index (χ4v) is 2.88. The van der Waals surface area contributed by atoms with Crippen LogP contribution in [0, 0.1) is 0 Å². The zero-order valence-corrected chi connectivity index (χ0v) is 16.8. The summed E-state index contributed by atoms with van der Waals surface area (Å²) >= 11 is 0. The van der Waals surface area contributed by atoms with E-state index in [0.29, 0.717) is 0 Å². The number of nitrogens with two attached hydrogens (primary N) is 2. The summed E-state index contributed by atoms with van der Waals surface area (Å²) in [6.45, 7) is 1.12. The van der Waals surface area contributed by atoms with Crippen molar-refractivity contribution in [1.29, 1.82) is 0 Å². The molecule has 0 saturated carbocycles. The molecular weight excluding hydrogens is 436 g/mol. The first-order chi connectivity index (χ1) is 10.6. The molecule has 0 aliphatic carbocycles. The van der Waals surface area contributed by atoms with Crippen LogP contribution in [0.2, 0.25) is 0 Å². The van der Waals surface area contributed by atoms with E-state index in [2.05, 4.69) is 44.7 Å².